The van der Waals surface area contributed by atoms with Crippen molar-refractivity contribution in [2.75, 3.05) is 58.6 Å². The molecule has 5 heterocycles. The highest BCUT2D eigenvalue weighted by Crippen LogP contribution is 2.39. The molecule has 0 radical (unpaired) electrons. The maximum atomic E-state index is 5.83. The van der Waals surface area contributed by atoms with E-state index in [4.69, 9.17) is 14.5 Å². The van der Waals surface area contributed by atoms with Crippen LogP contribution in [0.5, 0.6) is 5.88 Å². The Morgan fingerprint density at radius 1 is 1.09 bits per heavy atom. The van der Waals surface area contributed by atoms with Gasteiger partial charge in [-0.15, -0.1) is 0 Å². The van der Waals surface area contributed by atoms with Crippen LogP contribution in [-0.4, -0.2) is 73.3 Å². The lowest BCUT2D eigenvalue weighted by Gasteiger charge is -2.36. The van der Waals surface area contributed by atoms with Gasteiger partial charge in [0.05, 0.1) is 43.9 Å². The number of piperazine rings is 1. The van der Waals surface area contributed by atoms with Gasteiger partial charge in [-0.25, -0.2) is 10.4 Å². The van der Waals surface area contributed by atoms with Crippen LogP contribution in [0.25, 0.3) is 0 Å². The summed E-state index contributed by atoms with van der Waals surface area (Å²) in [6.45, 7) is 8.13. The number of ether oxygens (including phenoxy) is 2. The van der Waals surface area contributed by atoms with Crippen LogP contribution in [-0.2, 0) is 4.74 Å². The Balaban J connectivity index is 1.42. The molecule has 8 heteroatoms. The summed E-state index contributed by atoms with van der Waals surface area (Å²) in [7, 11) is 3.83. The number of likely N-dealkylation sites (N-methyl/N-ethyl adjacent to an activating group) is 1. The average molecular weight is 451 g/mol. The third-order valence-corrected chi connectivity index (χ3v) is 7.09. The van der Waals surface area contributed by atoms with Crippen LogP contribution in [0.15, 0.2) is 47.9 Å². The molecule has 3 aliphatic rings. The summed E-state index contributed by atoms with van der Waals surface area (Å²) in [5.74, 6) is 0.615. The molecule has 176 valence electrons. The van der Waals surface area contributed by atoms with Crippen LogP contribution in [0.4, 0.5) is 5.69 Å². The van der Waals surface area contributed by atoms with E-state index in [9.17, 15) is 0 Å². The fraction of sp³-hybridized carbons (Fsp3) is 0.520. The van der Waals surface area contributed by atoms with Crippen molar-refractivity contribution in [1.29, 1.82) is 0 Å². The standard InChI is InChI=1S/C25H34N6O2/c1-18(30-12-10-29(2)11-13-30)22-16-19(6-9-26-22)25-21-7-14-33-15-8-23(21)31(28-25)20-4-5-24(32-3)27-17-20/h4-6,9,16-18,25,28H,7-8,10-15H2,1-3H3. The lowest BCUT2D eigenvalue weighted by Crippen LogP contribution is -2.45. The molecule has 8 nitrogen and oxygen atoms in total. The van der Waals surface area contributed by atoms with Crippen LogP contribution < -0.4 is 15.2 Å². The second kappa shape index (κ2) is 9.77. The van der Waals surface area contributed by atoms with Gasteiger partial charge in [0.15, 0.2) is 0 Å². The molecule has 2 unspecified atom stereocenters. The number of pyridine rings is 2. The van der Waals surface area contributed by atoms with Crippen molar-refractivity contribution in [3.8, 4) is 5.88 Å². The highest BCUT2D eigenvalue weighted by molar-refractivity contribution is 5.56. The van der Waals surface area contributed by atoms with Crippen molar-refractivity contribution in [2.45, 2.75) is 31.8 Å². The number of anilines is 1. The summed E-state index contributed by atoms with van der Waals surface area (Å²) in [4.78, 5) is 14.1. The third-order valence-electron chi connectivity index (χ3n) is 7.09. The monoisotopic (exact) mass is 450 g/mol. The lowest BCUT2D eigenvalue weighted by molar-refractivity contribution is 0.117. The van der Waals surface area contributed by atoms with Gasteiger partial charge >= 0.3 is 0 Å². The molecular formula is C25H34N6O2. The Bertz CT molecular complexity index is 987. The van der Waals surface area contributed by atoms with Gasteiger partial charge < -0.3 is 14.4 Å². The van der Waals surface area contributed by atoms with Gasteiger partial charge in [-0.05, 0) is 49.7 Å². The molecule has 2 atom stereocenters. The fourth-order valence-corrected chi connectivity index (χ4v) is 5.01. The Hall–Kier alpha value is -2.52. The van der Waals surface area contributed by atoms with E-state index in [1.54, 1.807) is 7.11 Å². The summed E-state index contributed by atoms with van der Waals surface area (Å²) in [6, 6.07) is 8.78. The van der Waals surface area contributed by atoms with Gasteiger partial charge in [0.25, 0.3) is 0 Å². The molecule has 0 aliphatic carbocycles. The molecule has 3 aliphatic heterocycles. The molecule has 5 rings (SSSR count). The number of rotatable bonds is 5. The van der Waals surface area contributed by atoms with E-state index in [1.165, 1.54) is 16.8 Å². The lowest BCUT2D eigenvalue weighted by atomic mass is 9.95. The highest BCUT2D eigenvalue weighted by Gasteiger charge is 2.34. The first-order valence-electron chi connectivity index (χ1n) is 11.9. The molecule has 1 fully saturated rings. The molecule has 1 N–H and O–H groups in total. The fourth-order valence-electron chi connectivity index (χ4n) is 5.01. The van der Waals surface area contributed by atoms with Crippen molar-refractivity contribution < 1.29 is 9.47 Å². The average Bonchev–Trinajstić information content (AvgIpc) is 3.04. The van der Waals surface area contributed by atoms with E-state index in [2.05, 4.69) is 51.3 Å². The minimum Gasteiger partial charge on any atom is -0.481 e. The first kappa shape index (κ1) is 22.3. The molecular weight excluding hydrogens is 416 g/mol. The van der Waals surface area contributed by atoms with Gasteiger partial charge in [0, 0.05) is 56.6 Å². The molecule has 0 spiro atoms. The molecule has 2 aromatic heterocycles. The second-order valence-corrected chi connectivity index (χ2v) is 9.07. The molecule has 0 saturated carbocycles. The van der Waals surface area contributed by atoms with Crippen molar-refractivity contribution >= 4 is 5.69 Å². The quantitative estimate of drug-likeness (QED) is 0.746. The number of hydrogen-bond donors (Lipinski definition) is 1. The first-order valence-corrected chi connectivity index (χ1v) is 11.9. The Morgan fingerprint density at radius 3 is 2.67 bits per heavy atom. The normalized spacial score (nSPS) is 23.4. The Kier molecular flexibility index (Phi) is 6.59. The van der Waals surface area contributed by atoms with E-state index in [0.29, 0.717) is 11.9 Å². The molecule has 1 saturated heterocycles. The largest absolute Gasteiger partial charge is 0.481 e. The Morgan fingerprint density at radius 2 is 1.91 bits per heavy atom. The Labute approximate surface area is 196 Å². The van der Waals surface area contributed by atoms with Crippen LogP contribution in [0.2, 0.25) is 0 Å². The van der Waals surface area contributed by atoms with Crippen molar-refractivity contribution in [3.63, 3.8) is 0 Å². The molecule has 2 aromatic rings. The molecule has 33 heavy (non-hydrogen) atoms. The zero-order valence-electron chi connectivity index (χ0n) is 19.8. The predicted molar refractivity (Wildman–Crippen MR) is 128 cm³/mol. The summed E-state index contributed by atoms with van der Waals surface area (Å²) in [6.07, 6.45) is 5.61. The van der Waals surface area contributed by atoms with E-state index in [1.807, 2.05) is 24.5 Å². The maximum Gasteiger partial charge on any atom is 0.213 e. The zero-order valence-corrected chi connectivity index (χ0v) is 19.8. The topological polar surface area (TPSA) is 66.0 Å². The van der Waals surface area contributed by atoms with Crippen LogP contribution >= 0.6 is 0 Å². The predicted octanol–water partition coefficient (Wildman–Crippen LogP) is 2.92. The molecule has 0 bridgehead atoms. The SMILES string of the molecule is COc1ccc(N2NC(c3ccnc(C(C)N4CCN(C)CC4)c3)C3=C2CCOCC3)cn1. The maximum absolute atomic E-state index is 5.83. The summed E-state index contributed by atoms with van der Waals surface area (Å²) in [5, 5.41) is 2.19. The van der Waals surface area contributed by atoms with Crippen LogP contribution in [0.1, 0.15) is 43.1 Å². The van der Waals surface area contributed by atoms with Gasteiger partial charge in [0.2, 0.25) is 5.88 Å². The third kappa shape index (κ3) is 4.61. The van der Waals surface area contributed by atoms with Crippen molar-refractivity contribution in [3.05, 3.63) is 59.2 Å². The van der Waals surface area contributed by atoms with E-state index < -0.39 is 0 Å². The summed E-state index contributed by atoms with van der Waals surface area (Å²) >= 11 is 0. The minimum atomic E-state index is 0.102. The van der Waals surface area contributed by atoms with Gasteiger partial charge in [0.1, 0.15) is 0 Å². The first-order chi connectivity index (χ1) is 16.1. The van der Waals surface area contributed by atoms with Gasteiger partial charge in [-0.1, -0.05) is 0 Å². The van der Waals surface area contributed by atoms with Crippen LogP contribution in [0, 0.1) is 0 Å². The van der Waals surface area contributed by atoms with E-state index >= 15 is 0 Å². The summed E-state index contributed by atoms with van der Waals surface area (Å²) < 4.78 is 11.1. The summed E-state index contributed by atoms with van der Waals surface area (Å²) in [5.41, 5.74) is 9.83. The number of methoxy groups -OCH3 is 1. The number of nitrogens with zero attached hydrogens (tertiary/aromatic N) is 5. The zero-order chi connectivity index (χ0) is 22.8. The van der Waals surface area contributed by atoms with Gasteiger partial charge in [-0.3, -0.25) is 14.9 Å². The molecule has 0 amide bonds. The van der Waals surface area contributed by atoms with E-state index in [0.717, 1.165) is 63.6 Å². The minimum absolute atomic E-state index is 0.102. The van der Waals surface area contributed by atoms with E-state index in [-0.39, 0.29) is 6.04 Å². The highest BCUT2D eigenvalue weighted by atomic mass is 16.5. The van der Waals surface area contributed by atoms with Crippen molar-refractivity contribution in [1.82, 2.24) is 25.2 Å². The number of hydrogen-bond acceptors (Lipinski definition) is 8. The molecule has 0 aromatic carbocycles. The van der Waals surface area contributed by atoms with Crippen LogP contribution in [0.3, 0.4) is 0 Å². The van der Waals surface area contributed by atoms with Gasteiger partial charge in [-0.2, -0.15) is 0 Å². The number of nitrogens with one attached hydrogen (secondary N) is 1. The second-order valence-electron chi connectivity index (χ2n) is 9.07. The van der Waals surface area contributed by atoms with Crippen molar-refractivity contribution in [2.24, 2.45) is 0 Å². The smallest absolute Gasteiger partial charge is 0.213 e. The number of hydrazine groups is 1. The number of aromatic nitrogens is 2.